The van der Waals surface area contributed by atoms with E-state index >= 15 is 0 Å². The van der Waals surface area contributed by atoms with E-state index in [1.54, 1.807) is 0 Å². The van der Waals surface area contributed by atoms with Gasteiger partial charge < -0.3 is 10.2 Å². The zero-order valence-corrected chi connectivity index (χ0v) is 12.4. The van der Waals surface area contributed by atoms with Crippen LogP contribution in [-0.2, 0) is 9.63 Å². The summed E-state index contributed by atoms with van der Waals surface area (Å²) in [4.78, 5) is 19.1. The summed E-state index contributed by atoms with van der Waals surface area (Å²) in [6, 6.07) is 0.114. The van der Waals surface area contributed by atoms with E-state index in [1.807, 2.05) is 5.06 Å². The Morgan fingerprint density at radius 2 is 2.14 bits per heavy atom. The zero-order chi connectivity index (χ0) is 14.6. The number of fused-ring (bicyclic) bond motifs is 3. The van der Waals surface area contributed by atoms with E-state index in [1.165, 1.54) is 0 Å². The molecular weight excluding hydrogens is 270 g/mol. The maximum atomic E-state index is 13.1. The number of carbonyl (C=O) groups excluding carboxylic acids is 1. The fraction of sp³-hybridized carbons (Fsp3) is 0.938. The van der Waals surface area contributed by atoms with Gasteiger partial charge in [0, 0.05) is 30.3 Å². The maximum absolute atomic E-state index is 13.1. The van der Waals surface area contributed by atoms with Crippen LogP contribution in [-0.4, -0.2) is 52.0 Å². The second-order valence-electron chi connectivity index (χ2n) is 7.99. The molecule has 9 atom stereocenters. The number of nitrogens with zero attached hydrogens (tertiary/aromatic N) is 1. The highest BCUT2D eigenvalue weighted by Crippen LogP contribution is 2.74. The normalized spacial score (nSPS) is 64.5. The average Bonchev–Trinajstić information content (AvgIpc) is 3.14. The Morgan fingerprint density at radius 3 is 2.95 bits per heavy atom. The van der Waals surface area contributed by atoms with Crippen LogP contribution in [0.2, 0.25) is 0 Å². The molecular formula is C16H23NO4. The summed E-state index contributed by atoms with van der Waals surface area (Å²) >= 11 is 0. The third kappa shape index (κ3) is 1.11. The Morgan fingerprint density at radius 1 is 1.33 bits per heavy atom. The van der Waals surface area contributed by atoms with Gasteiger partial charge in [0.15, 0.2) is 0 Å². The van der Waals surface area contributed by atoms with Crippen molar-refractivity contribution in [3.63, 3.8) is 0 Å². The molecule has 3 saturated carbocycles. The summed E-state index contributed by atoms with van der Waals surface area (Å²) < 4.78 is 0. The smallest absolute Gasteiger partial charge is 0.140 e. The van der Waals surface area contributed by atoms with Gasteiger partial charge in [-0.25, -0.2) is 0 Å². The molecule has 2 saturated heterocycles. The number of aliphatic hydroxyl groups excluding tert-OH is 2. The molecule has 5 aliphatic rings. The Kier molecular flexibility index (Phi) is 2.29. The molecule has 116 valence electrons. The number of ketones is 1. The molecule has 2 bridgehead atoms. The van der Waals surface area contributed by atoms with Crippen LogP contribution < -0.4 is 0 Å². The Hall–Kier alpha value is -0.490. The highest BCUT2D eigenvalue weighted by atomic mass is 16.7. The minimum Gasteiger partial charge on any atom is -0.390 e. The monoisotopic (exact) mass is 293 g/mol. The fourth-order valence-electron chi connectivity index (χ4n) is 6.97. The van der Waals surface area contributed by atoms with Crippen LogP contribution in [0.1, 0.15) is 39.0 Å². The van der Waals surface area contributed by atoms with Crippen LogP contribution in [0.25, 0.3) is 0 Å². The van der Waals surface area contributed by atoms with E-state index in [9.17, 15) is 15.0 Å². The number of piperidine rings is 1. The minimum atomic E-state index is -0.820. The number of hydrogen-bond donors (Lipinski definition) is 2. The standard InChI is InChI=1S/C16H23NO4/c1-8-6-9-13(19)14(20)16-10(17-5-3-12(16)21-17)2-4-15(9,16)11(18)7-8/h8-10,12-14,19-20H,2-7H2,1H3/t8-,9-,10-,12+,13+,14+,15+,16+/m0/s1. The molecule has 5 nitrogen and oxygen atoms in total. The molecule has 0 aromatic rings. The van der Waals surface area contributed by atoms with E-state index in [0.717, 1.165) is 32.2 Å². The van der Waals surface area contributed by atoms with Crippen LogP contribution in [0.5, 0.6) is 0 Å². The minimum absolute atomic E-state index is 0.0853. The van der Waals surface area contributed by atoms with E-state index < -0.39 is 23.0 Å². The third-order valence-electron chi connectivity index (χ3n) is 7.44. The number of hydrogen-bond acceptors (Lipinski definition) is 5. The molecule has 3 aliphatic carbocycles. The predicted octanol–water partition coefficient (Wildman–Crippen LogP) is 0.492. The van der Waals surface area contributed by atoms with Crippen molar-refractivity contribution in [2.45, 2.75) is 63.4 Å². The first-order valence-electron chi connectivity index (χ1n) is 8.36. The van der Waals surface area contributed by atoms with Gasteiger partial charge in [0.2, 0.25) is 0 Å². The van der Waals surface area contributed by atoms with Gasteiger partial charge in [-0.05, 0) is 31.6 Å². The van der Waals surface area contributed by atoms with Crippen LogP contribution in [0.3, 0.4) is 0 Å². The molecule has 2 N–H and O–H groups in total. The lowest BCUT2D eigenvalue weighted by molar-refractivity contribution is -0.152. The van der Waals surface area contributed by atoms with E-state index in [4.69, 9.17) is 4.84 Å². The van der Waals surface area contributed by atoms with Gasteiger partial charge >= 0.3 is 0 Å². The molecule has 0 aromatic carbocycles. The van der Waals surface area contributed by atoms with Crippen LogP contribution >= 0.6 is 0 Å². The van der Waals surface area contributed by atoms with Crippen molar-refractivity contribution in [3.8, 4) is 0 Å². The summed E-state index contributed by atoms with van der Waals surface area (Å²) in [5.41, 5.74) is -1.09. The van der Waals surface area contributed by atoms with Crippen molar-refractivity contribution < 1.29 is 19.8 Å². The summed E-state index contributed by atoms with van der Waals surface area (Å²) in [5, 5.41) is 23.7. The highest BCUT2D eigenvalue weighted by molar-refractivity contribution is 5.89. The first-order chi connectivity index (χ1) is 10.0. The summed E-state index contributed by atoms with van der Waals surface area (Å²) in [5.74, 6) is 0.503. The number of carbonyl (C=O) groups is 1. The molecule has 2 aliphatic heterocycles. The summed E-state index contributed by atoms with van der Waals surface area (Å²) in [6.07, 6.45) is 2.37. The number of aliphatic hydroxyl groups is 2. The number of rotatable bonds is 0. The SMILES string of the molecule is C[C@@H]1CC(=O)[C@]23CC[C@@H]4N5CC[C@@H](O5)[C@@]42[C@H](O)[C@H](O)[C@@H]3C1. The summed E-state index contributed by atoms with van der Waals surface area (Å²) in [6.45, 7) is 2.98. The lowest BCUT2D eigenvalue weighted by Gasteiger charge is -2.49. The fourth-order valence-corrected chi connectivity index (χ4v) is 6.97. The molecule has 5 rings (SSSR count). The van der Waals surface area contributed by atoms with Crippen molar-refractivity contribution in [3.05, 3.63) is 0 Å². The third-order valence-corrected chi connectivity index (χ3v) is 7.44. The molecule has 2 heterocycles. The molecule has 0 aromatic heterocycles. The lowest BCUT2D eigenvalue weighted by atomic mass is 9.53. The van der Waals surface area contributed by atoms with Crippen molar-refractivity contribution in [1.82, 2.24) is 5.06 Å². The molecule has 2 spiro atoms. The summed E-state index contributed by atoms with van der Waals surface area (Å²) in [7, 11) is 0. The van der Waals surface area contributed by atoms with Gasteiger partial charge in [0.05, 0.1) is 23.7 Å². The molecule has 21 heavy (non-hydrogen) atoms. The van der Waals surface area contributed by atoms with Gasteiger partial charge in [-0.3, -0.25) is 9.63 Å². The zero-order valence-electron chi connectivity index (χ0n) is 12.4. The van der Waals surface area contributed by atoms with E-state index in [2.05, 4.69) is 6.92 Å². The first kappa shape index (κ1) is 13.0. The lowest BCUT2D eigenvalue weighted by Crippen LogP contribution is -2.59. The van der Waals surface area contributed by atoms with Crippen LogP contribution in [0, 0.1) is 22.7 Å². The number of hydroxylamine groups is 2. The van der Waals surface area contributed by atoms with Gasteiger partial charge in [-0.15, -0.1) is 0 Å². The largest absolute Gasteiger partial charge is 0.390 e. The molecule has 5 heteroatoms. The van der Waals surface area contributed by atoms with Gasteiger partial charge in [0.25, 0.3) is 0 Å². The van der Waals surface area contributed by atoms with E-state index in [0.29, 0.717) is 12.3 Å². The Balaban J connectivity index is 1.73. The quantitative estimate of drug-likeness (QED) is 0.680. The van der Waals surface area contributed by atoms with Crippen molar-refractivity contribution in [2.24, 2.45) is 22.7 Å². The highest BCUT2D eigenvalue weighted by Gasteiger charge is 2.83. The predicted molar refractivity (Wildman–Crippen MR) is 73.0 cm³/mol. The van der Waals surface area contributed by atoms with Crippen molar-refractivity contribution >= 4 is 5.78 Å². The first-order valence-corrected chi connectivity index (χ1v) is 8.36. The average molecular weight is 293 g/mol. The van der Waals surface area contributed by atoms with E-state index in [-0.39, 0.29) is 23.8 Å². The molecule has 0 radical (unpaired) electrons. The van der Waals surface area contributed by atoms with Gasteiger partial charge in [-0.1, -0.05) is 6.92 Å². The second kappa shape index (κ2) is 3.70. The van der Waals surface area contributed by atoms with Crippen molar-refractivity contribution in [2.75, 3.05) is 6.54 Å². The van der Waals surface area contributed by atoms with Gasteiger partial charge in [0.1, 0.15) is 5.78 Å². The topological polar surface area (TPSA) is 70.0 Å². The number of Topliss-reactive ketones (excluding diaryl/α,β-unsaturated/α-hetero) is 1. The van der Waals surface area contributed by atoms with Crippen LogP contribution in [0.4, 0.5) is 0 Å². The molecule has 1 unspecified atom stereocenters. The van der Waals surface area contributed by atoms with Crippen LogP contribution in [0.15, 0.2) is 0 Å². The Bertz CT molecular complexity index is 524. The molecule has 0 amide bonds. The Labute approximate surface area is 124 Å². The maximum Gasteiger partial charge on any atom is 0.140 e. The molecule has 5 fully saturated rings. The second-order valence-corrected chi connectivity index (χ2v) is 7.99. The van der Waals surface area contributed by atoms with Gasteiger partial charge in [-0.2, -0.15) is 5.06 Å². The van der Waals surface area contributed by atoms with Crippen molar-refractivity contribution in [1.29, 1.82) is 0 Å².